The van der Waals surface area contributed by atoms with Crippen molar-refractivity contribution < 1.29 is 9.90 Å². The van der Waals surface area contributed by atoms with Gasteiger partial charge in [-0.2, -0.15) is 0 Å². The number of fused-ring (bicyclic) bond motifs is 1. The molecule has 2 rings (SSSR count). The van der Waals surface area contributed by atoms with Crippen molar-refractivity contribution >= 4 is 16.8 Å². The first-order chi connectivity index (χ1) is 9.93. The van der Waals surface area contributed by atoms with Crippen molar-refractivity contribution in [3.8, 4) is 0 Å². The van der Waals surface area contributed by atoms with Gasteiger partial charge >= 0.3 is 0 Å². The molecule has 0 aliphatic heterocycles. The Bertz CT molecular complexity index is 707. The van der Waals surface area contributed by atoms with E-state index < -0.39 is 0 Å². The van der Waals surface area contributed by atoms with Crippen LogP contribution in [0.5, 0.6) is 0 Å². The number of hydrogen-bond donors (Lipinski definition) is 2. The lowest BCUT2D eigenvalue weighted by Gasteiger charge is -2.21. The van der Waals surface area contributed by atoms with E-state index in [1.54, 1.807) is 18.2 Å². The lowest BCUT2D eigenvalue weighted by Crippen LogP contribution is -2.39. The van der Waals surface area contributed by atoms with Crippen molar-refractivity contribution in [1.29, 1.82) is 0 Å². The van der Waals surface area contributed by atoms with Gasteiger partial charge in [0.05, 0.1) is 17.2 Å². The Labute approximate surface area is 122 Å². The summed E-state index contributed by atoms with van der Waals surface area (Å²) in [5, 5.41) is 12.3. The summed E-state index contributed by atoms with van der Waals surface area (Å²) in [5.74, 6) is -0.282. The fraction of sp³-hybridized carbons (Fsp3) is 0.400. The van der Waals surface area contributed by atoms with Crippen LogP contribution in [0, 0.1) is 5.41 Å². The predicted molar refractivity (Wildman–Crippen MR) is 79.9 cm³/mol. The number of hydrogen-bond acceptors (Lipinski definition) is 4. The number of nitrogens with zero attached hydrogens (tertiary/aromatic N) is 2. The lowest BCUT2D eigenvalue weighted by atomic mass is 9.95. The van der Waals surface area contributed by atoms with Crippen molar-refractivity contribution in [3.05, 3.63) is 40.9 Å². The molecule has 1 aromatic carbocycles. The molecule has 6 heteroatoms. The molecule has 21 heavy (non-hydrogen) atoms. The maximum Gasteiger partial charge on any atom is 0.261 e. The minimum atomic E-state index is -0.387. The number of benzene rings is 1. The van der Waals surface area contributed by atoms with E-state index >= 15 is 0 Å². The maximum absolute atomic E-state index is 12.2. The summed E-state index contributed by atoms with van der Waals surface area (Å²) in [7, 11) is 0. The topological polar surface area (TPSA) is 84.2 Å². The maximum atomic E-state index is 12.2. The molecule has 0 aliphatic carbocycles. The third-order valence-electron chi connectivity index (χ3n) is 3.24. The normalized spacial score (nSPS) is 11.6. The molecule has 0 saturated carbocycles. The van der Waals surface area contributed by atoms with Crippen molar-refractivity contribution in [2.24, 2.45) is 5.41 Å². The highest BCUT2D eigenvalue weighted by atomic mass is 16.3. The van der Waals surface area contributed by atoms with E-state index in [2.05, 4.69) is 10.3 Å². The molecule has 2 aromatic rings. The molecular formula is C15H19N3O3. The molecule has 2 N–H and O–H groups in total. The lowest BCUT2D eigenvalue weighted by molar-refractivity contribution is -0.122. The molecule has 0 unspecified atom stereocenters. The Morgan fingerprint density at radius 2 is 2.10 bits per heavy atom. The Morgan fingerprint density at radius 1 is 1.38 bits per heavy atom. The minimum absolute atomic E-state index is 0.0231. The van der Waals surface area contributed by atoms with Crippen LogP contribution in [0.2, 0.25) is 0 Å². The fourth-order valence-corrected chi connectivity index (χ4v) is 1.82. The van der Waals surface area contributed by atoms with Crippen LogP contribution >= 0.6 is 0 Å². The first kappa shape index (κ1) is 15.2. The number of rotatable bonds is 5. The van der Waals surface area contributed by atoms with Crippen LogP contribution in [-0.4, -0.2) is 33.7 Å². The van der Waals surface area contributed by atoms with Crippen LogP contribution in [0.1, 0.15) is 13.8 Å². The molecule has 0 atom stereocenters. The van der Waals surface area contributed by atoms with Gasteiger partial charge in [-0.1, -0.05) is 26.0 Å². The summed E-state index contributed by atoms with van der Waals surface area (Å²) in [6, 6.07) is 7.02. The molecule has 1 amide bonds. The van der Waals surface area contributed by atoms with Gasteiger partial charge in [0, 0.05) is 18.6 Å². The number of carbonyl (C=O) groups excluding carboxylic acids is 1. The van der Waals surface area contributed by atoms with Gasteiger partial charge in [0.2, 0.25) is 5.91 Å². The number of nitrogens with one attached hydrogen (secondary N) is 1. The summed E-state index contributed by atoms with van der Waals surface area (Å²) in [6.45, 7) is 3.93. The average Bonchev–Trinajstić information content (AvgIpc) is 2.48. The quantitative estimate of drug-likeness (QED) is 0.841. The summed E-state index contributed by atoms with van der Waals surface area (Å²) < 4.78 is 1.28. The van der Waals surface area contributed by atoms with E-state index in [0.717, 1.165) is 0 Å². The molecule has 0 saturated heterocycles. The van der Waals surface area contributed by atoms with Gasteiger partial charge in [-0.3, -0.25) is 14.2 Å². The van der Waals surface area contributed by atoms with Crippen LogP contribution in [0.25, 0.3) is 10.9 Å². The third-order valence-corrected chi connectivity index (χ3v) is 3.24. The number of carbonyl (C=O) groups is 1. The third kappa shape index (κ3) is 3.66. The molecular weight excluding hydrogens is 270 g/mol. The van der Waals surface area contributed by atoms with Crippen molar-refractivity contribution in [2.75, 3.05) is 13.2 Å². The highest BCUT2D eigenvalue weighted by molar-refractivity contribution is 5.78. The molecule has 0 spiro atoms. The van der Waals surface area contributed by atoms with Crippen molar-refractivity contribution in [3.63, 3.8) is 0 Å². The molecule has 0 aliphatic rings. The van der Waals surface area contributed by atoms with Gasteiger partial charge in [-0.05, 0) is 12.1 Å². The fourth-order valence-electron chi connectivity index (χ4n) is 1.82. The molecule has 112 valence electrons. The second kappa shape index (κ2) is 6.05. The number of aliphatic hydroxyl groups excluding tert-OH is 1. The highest BCUT2D eigenvalue weighted by Gasteiger charge is 2.17. The molecule has 1 heterocycles. The van der Waals surface area contributed by atoms with Crippen LogP contribution < -0.4 is 10.9 Å². The van der Waals surface area contributed by atoms with Gasteiger partial charge < -0.3 is 10.4 Å². The van der Waals surface area contributed by atoms with E-state index in [1.807, 2.05) is 19.9 Å². The Kier molecular flexibility index (Phi) is 4.37. The first-order valence-electron chi connectivity index (χ1n) is 6.75. The second-order valence-corrected chi connectivity index (χ2v) is 5.79. The molecule has 0 fully saturated rings. The van der Waals surface area contributed by atoms with Gasteiger partial charge in [0.25, 0.3) is 5.56 Å². The van der Waals surface area contributed by atoms with Crippen LogP contribution in [-0.2, 0) is 11.3 Å². The zero-order valence-electron chi connectivity index (χ0n) is 12.2. The Hall–Kier alpha value is -2.21. The monoisotopic (exact) mass is 289 g/mol. The van der Waals surface area contributed by atoms with Crippen molar-refractivity contribution in [2.45, 2.75) is 20.4 Å². The predicted octanol–water partition coefficient (Wildman–Crippen LogP) is 0.531. The summed E-state index contributed by atoms with van der Waals surface area (Å²) in [5.41, 5.74) is -0.0137. The Morgan fingerprint density at radius 3 is 2.81 bits per heavy atom. The standard InChI is InChI=1S/C15H19N3O3/c1-15(2,9-19)8-16-13(20)7-18-10-17-12-6-4-3-5-11(12)14(18)21/h3-6,10,19H,7-9H2,1-2H3,(H,16,20). The van der Waals surface area contributed by atoms with Crippen LogP contribution in [0.4, 0.5) is 0 Å². The minimum Gasteiger partial charge on any atom is -0.396 e. The van der Waals surface area contributed by atoms with Gasteiger partial charge in [0.15, 0.2) is 0 Å². The SMILES string of the molecule is CC(C)(CO)CNC(=O)Cn1cnc2ccccc2c1=O. The van der Waals surface area contributed by atoms with Gasteiger partial charge in [-0.15, -0.1) is 0 Å². The molecule has 0 bridgehead atoms. The van der Waals surface area contributed by atoms with E-state index in [4.69, 9.17) is 5.11 Å². The van der Waals surface area contributed by atoms with Gasteiger partial charge in [0.1, 0.15) is 6.54 Å². The Balaban J connectivity index is 2.11. The second-order valence-electron chi connectivity index (χ2n) is 5.79. The average molecular weight is 289 g/mol. The van der Waals surface area contributed by atoms with E-state index in [0.29, 0.717) is 17.4 Å². The summed E-state index contributed by atoms with van der Waals surface area (Å²) >= 11 is 0. The molecule has 1 aromatic heterocycles. The van der Waals surface area contributed by atoms with Crippen LogP contribution in [0.15, 0.2) is 35.4 Å². The molecule has 6 nitrogen and oxygen atoms in total. The number of aromatic nitrogens is 2. The van der Waals surface area contributed by atoms with Crippen LogP contribution in [0.3, 0.4) is 0 Å². The van der Waals surface area contributed by atoms with Crippen molar-refractivity contribution in [1.82, 2.24) is 14.9 Å². The largest absolute Gasteiger partial charge is 0.396 e. The highest BCUT2D eigenvalue weighted by Crippen LogP contribution is 2.11. The van der Waals surface area contributed by atoms with E-state index in [1.165, 1.54) is 10.9 Å². The van der Waals surface area contributed by atoms with Gasteiger partial charge in [-0.25, -0.2) is 4.98 Å². The zero-order valence-corrected chi connectivity index (χ0v) is 12.2. The molecule has 0 radical (unpaired) electrons. The first-order valence-corrected chi connectivity index (χ1v) is 6.75. The summed E-state index contributed by atoms with van der Waals surface area (Å²) in [6.07, 6.45) is 1.38. The number of amides is 1. The number of aliphatic hydroxyl groups is 1. The number of para-hydroxylation sites is 1. The van der Waals surface area contributed by atoms with E-state index in [9.17, 15) is 9.59 Å². The smallest absolute Gasteiger partial charge is 0.261 e. The zero-order chi connectivity index (χ0) is 15.5. The van der Waals surface area contributed by atoms with E-state index in [-0.39, 0.29) is 30.0 Å². The summed E-state index contributed by atoms with van der Waals surface area (Å²) in [4.78, 5) is 28.3.